The molecule has 0 aromatic carbocycles. The highest BCUT2D eigenvalue weighted by Crippen LogP contribution is 2.15. The molecule has 2 heterocycles. The second-order valence-corrected chi connectivity index (χ2v) is 3.74. The lowest BCUT2D eigenvalue weighted by Crippen LogP contribution is -2.23. The molecule has 0 radical (unpaired) electrons. The number of nitrogens with zero attached hydrogens (tertiary/aromatic N) is 4. The van der Waals surface area contributed by atoms with Gasteiger partial charge in [-0.15, -0.1) is 0 Å². The molecule has 5 heteroatoms. The third-order valence-corrected chi connectivity index (χ3v) is 2.46. The zero-order chi connectivity index (χ0) is 11.5. The maximum absolute atomic E-state index is 4.32. The Morgan fingerprint density at radius 2 is 1.94 bits per heavy atom. The molecule has 2 aromatic rings. The molecule has 0 aliphatic rings. The van der Waals surface area contributed by atoms with E-state index in [1.54, 1.807) is 6.20 Å². The van der Waals surface area contributed by atoms with Crippen molar-refractivity contribution in [3.05, 3.63) is 42.0 Å². The van der Waals surface area contributed by atoms with E-state index < -0.39 is 0 Å². The van der Waals surface area contributed by atoms with Crippen LogP contribution in [0.15, 0.2) is 24.8 Å². The molecule has 1 N–H and O–H groups in total. The predicted octanol–water partition coefficient (Wildman–Crippen LogP) is 0.827. The topological polar surface area (TPSA) is 55.6 Å². The summed E-state index contributed by atoms with van der Waals surface area (Å²) in [6, 6.07) is -0.0689. The van der Waals surface area contributed by atoms with Gasteiger partial charge in [0.25, 0.3) is 0 Å². The summed E-state index contributed by atoms with van der Waals surface area (Å²) in [7, 11) is 3.84. The van der Waals surface area contributed by atoms with Crippen molar-refractivity contribution in [1.82, 2.24) is 24.8 Å². The Hall–Kier alpha value is -1.75. The van der Waals surface area contributed by atoms with Gasteiger partial charge >= 0.3 is 0 Å². The van der Waals surface area contributed by atoms with Crippen LogP contribution in [0.1, 0.15) is 23.3 Å². The lowest BCUT2D eigenvalue weighted by molar-refractivity contribution is 0.585. The van der Waals surface area contributed by atoms with Crippen LogP contribution in [0, 0.1) is 6.92 Å². The summed E-state index contributed by atoms with van der Waals surface area (Å²) < 4.78 is 1.96. The van der Waals surface area contributed by atoms with Crippen LogP contribution in [0.5, 0.6) is 0 Å². The molecule has 1 atom stereocenters. The van der Waals surface area contributed by atoms with Crippen molar-refractivity contribution in [2.45, 2.75) is 13.0 Å². The molecular formula is C11H15N5. The SMILES string of the molecule is CNC(c1ncc(C)cn1)c1nccn1C. The van der Waals surface area contributed by atoms with Crippen LogP contribution in [0.4, 0.5) is 0 Å². The largest absolute Gasteiger partial charge is 0.336 e. The van der Waals surface area contributed by atoms with Gasteiger partial charge in [-0.25, -0.2) is 15.0 Å². The van der Waals surface area contributed by atoms with Crippen molar-refractivity contribution in [3.63, 3.8) is 0 Å². The Balaban J connectivity index is 2.37. The van der Waals surface area contributed by atoms with Crippen LogP contribution >= 0.6 is 0 Å². The minimum atomic E-state index is -0.0689. The fraction of sp³-hybridized carbons (Fsp3) is 0.364. The molecule has 2 rings (SSSR count). The van der Waals surface area contributed by atoms with Gasteiger partial charge in [0.2, 0.25) is 0 Å². The van der Waals surface area contributed by atoms with Crippen molar-refractivity contribution in [3.8, 4) is 0 Å². The number of hydrogen-bond donors (Lipinski definition) is 1. The minimum Gasteiger partial charge on any atom is -0.336 e. The van der Waals surface area contributed by atoms with Crippen molar-refractivity contribution in [2.24, 2.45) is 7.05 Å². The quantitative estimate of drug-likeness (QED) is 0.827. The maximum Gasteiger partial charge on any atom is 0.152 e. The molecule has 1 unspecified atom stereocenters. The molecule has 0 bridgehead atoms. The molecule has 0 aliphatic carbocycles. The van der Waals surface area contributed by atoms with E-state index in [1.165, 1.54) is 0 Å². The summed E-state index contributed by atoms with van der Waals surface area (Å²) in [5.74, 6) is 1.65. The third-order valence-electron chi connectivity index (χ3n) is 2.46. The molecule has 0 saturated carbocycles. The highest BCUT2D eigenvalue weighted by atomic mass is 15.1. The van der Waals surface area contributed by atoms with E-state index in [9.17, 15) is 0 Å². The van der Waals surface area contributed by atoms with Crippen LogP contribution < -0.4 is 5.32 Å². The first kappa shape index (κ1) is 10.8. The molecule has 84 valence electrons. The second-order valence-electron chi connectivity index (χ2n) is 3.74. The number of imidazole rings is 1. The van der Waals surface area contributed by atoms with Gasteiger partial charge in [-0.3, -0.25) is 0 Å². The predicted molar refractivity (Wildman–Crippen MR) is 60.9 cm³/mol. The normalized spacial score (nSPS) is 12.7. The van der Waals surface area contributed by atoms with E-state index in [0.29, 0.717) is 0 Å². The number of nitrogens with one attached hydrogen (secondary N) is 1. The first-order chi connectivity index (χ1) is 7.72. The van der Waals surface area contributed by atoms with Crippen LogP contribution in [-0.4, -0.2) is 26.6 Å². The summed E-state index contributed by atoms with van der Waals surface area (Å²) in [6.07, 6.45) is 7.31. The average Bonchev–Trinajstić information content (AvgIpc) is 2.69. The smallest absolute Gasteiger partial charge is 0.152 e. The lowest BCUT2D eigenvalue weighted by atomic mass is 10.2. The fourth-order valence-electron chi connectivity index (χ4n) is 1.58. The standard InChI is InChI=1S/C11H15N5/c1-8-6-14-10(15-7-8)9(12-2)11-13-4-5-16(11)3/h4-7,9,12H,1-3H3. The minimum absolute atomic E-state index is 0.0689. The van der Waals surface area contributed by atoms with Crippen LogP contribution in [0.3, 0.4) is 0 Å². The number of rotatable bonds is 3. The van der Waals surface area contributed by atoms with Crippen molar-refractivity contribution in [1.29, 1.82) is 0 Å². The van der Waals surface area contributed by atoms with E-state index in [-0.39, 0.29) is 6.04 Å². The van der Waals surface area contributed by atoms with Gasteiger partial charge < -0.3 is 9.88 Å². The van der Waals surface area contributed by atoms with Crippen molar-refractivity contribution >= 4 is 0 Å². The van der Waals surface area contributed by atoms with Crippen LogP contribution in [-0.2, 0) is 7.05 Å². The zero-order valence-electron chi connectivity index (χ0n) is 9.68. The Morgan fingerprint density at radius 1 is 1.25 bits per heavy atom. The van der Waals surface area contributed by atoms with Gasteiger partial charge in [0.15, 0.2) is 5.82 Å². The Morgan fingerprint density at radius 3 is 2.44 bits per heavy atom. The number of aromatic nitrogens is 4. The third kappa shape index (κ3) is 1.94. The number of hydrogen-bond acceptors (Lipinski definition) is 4. The van der Waals surface area contributed by atoms with Crippen molar-refractivity contribution < 1.29 is 0 Å². The molecule has 2 aromatic heterocycles. The van der Waals surface area contributed by atoms with E-state index in [2.05, 4.69) is 20.3 Å². The van der Waals surface area contributed by atoms with E-state index in [0.717, 1.165) is 17.2 Å². The van der Waals surface area contributed by atoms with Gasteiger partial charge in [-0.05, 0) is 19.5 Å². The molecule has 16 heavy (non-hydrogen) atoms. The molecule has 5 nitrogen and oxygen atoms in total. The first-order valence-corrected chi connectivity index (χ1v) is 5.15. The summed E-state index contributed by atoms with van der Waals surface area (Å²) in [5.41, 5.74) is 1.05. The summed E-state index contributed by atoms with van der Waals surface area (Å²) in [5, 5.41) is 3.17. The molecule has 0 fully saturated rings. The average molecular weight is 217 g/mol. The van der Waals surface area contributed by atoms with Gasteiger partial charge in [0.05, 0.1) is 0 Å². The fourth-order valence-corrected chi connectivity index (χ4v) is 1.58. The monoisotopic (exact) mass is 217 g/mol. The van der Waals surface area contributed by atoms with Crippen LogP contribution in [0.25, 0.3) is 0 Å². The maximum atomic E-state index is 4.32. The summed E-state index contributed by atoms with van der Waals surface area (Å²) in [4.78, 5) is 12.9. The molecular weight excluding hydrogens is 202 g/mol. The van der Waals surface area contributed by atoms with Gasteiger partial charge in [-0.2, -0.15) is 0 Å². The molecule has 0 amide bonds. The highest BCUT2D eigenvalue weighted by molar-refractivity contribution is 5.13. The molecule has 0 saturated heterocycles. The van der Waals surface area contributed by atoms with Crippen LogP contribution in [0.2, 0.25) is 0 Å². The van der Waals surface area contributed by atoms with E-state index in [1.807, 2.05) is 44.2 Å². The Labute approximate surface area is 94.6 Å². The Bertz CT molecular complexity index is 459. The highest BCUT2D eigenvalue weighted by Gasteiger charge is 2.18. The summed E-state index contributed by atoms with van der Waals surface area (Å²) >= 11 is 0. The molecule has 0 aliphatic heterocycles. The summed E-state index contributed by atoms with van der Waals surface area (Å²) in [6.45, 7) is 1.97. The lowest BCUT2D eigenvalue weighted by Gasteiger charge is -2.14. The van der Waals surface area contributed by atoms with Gasteiger partial charge in [0.1, 0.15) is 11.9 Å². The first-order valence-electron chi connectivity index (χ1n) is 5.15. The molecule has 0 spiro atoms. The van der Waals surface area contributed by atoms with E-state index in [4.69, 9.17) is 0 Å². The zero-order valence-corrected chi connectivity index (χ0v) is 9.68. The second kappa shape index (κ2) is 4.40. The Kier molecular flexibility index (Phi) is 2.96. The number of aryl methyl sites for hydroxylation is 2. The van der Waals surface area contributed by atoms with Crippen molar-refractivity contribution in [2.75, 3.05) is 7.05 Å². The van der Waals surface area contributed by atoms with E-state index >= 15 is 0 Å². The van der Waals surface area contributed by atoms with Gasteiger partial charge in [0, 0.05) is 31.8 Å². The van der Waals surface area contributed by atoms with Gasteiger partial charge in [-0.1, -0.05) is 0 Å².